The van der Waals surface area contributed by atoms with Crippen molar-refractivity contribution in [3.05, 3.63) is 39.9 Å². The van der Waals surface area contributed by atoms with Gasteiger partial charge in [-0.25, -0.2) is 0 Å². The van der Waals surface area contributed by atoms with Crippen molar-refractivity contribution >= 4 is 41.2 Å². The summed E-state index contributed by atoms with van der Waals surface area (Å²) in [6.07, 6.45) is 4.16. The third-order valence-electron chi connectivity index (χ3n) is 2.89. The highest BCUT2D eigenvalue weighted by Gasteiger charge is 2.16. The fourth-order valence-corrected chi connectivity index (χ4v) is 2.22. The molecule has 114 valence electrons. The van der Waals surface area contributed by atoms with E-state index >= 15 is 0 Å². The van der Waals surface area contributed by atoms with Gasteiger partial charge in [-0.15, -0.1) is 0 Å². The van der Waals surface area contributed by atoms with Crippen LogP contribution in [0, 0.1) is 5.92 Å². The van der Waals surface area contributed by atoms with E-state index < -0.39 is 11.9 Å². The Bertz CT molecular complexity index is 544. The summed E-state index contributed by atoms with van der Waals surface area (Å²) >= 11 is 11.8. The second-order valence-corrected chi connectivity index (χ2v) is 5.41. The van der Waals surface area contributed by atoms with E-state index in [2.05, 4.69) is 5.32 Å². The molecule has 1 amide bonds. The minimum atomic E-state index is -0.901. The van der Waals surface area contributed by atoms with Gasteiger partial charge in [0.15, 0.2) is 0 Å². The number of amides is 1. The third-order valence-corrected chi connectivity index (χ3v) is 3.45. The van der Waals surface area contributed by atoms with E-state index in [1.165, 1.54) is 6.08 Å². The van der Waals surface area contributed by atoms with Crippen LogP contribution in [0.3, 0.4) is 0 Å². The minimum Gasteiger partial charge on any atom is -0.481 e. The molecular formula is C15H17Cl2NO3. The molecular weight excluding hydrogens is 313 g/mol. The summed E-state index contributed by atoms with van der Waals surface area (Å²) in [7, 11) is 0. The fourth-order valence-electron chi connectivity index (χ4n) is 1.75. The molecule has 0 fully saturated rings. The van der Waals surface area contributed by atoms with E-state index in [0.717, 1.165) is 6.42 Å². The zero-order valence-electron chi connectivity index (χ0n) is 11.6. The van der Waals surface area contributed by atoms with Crippen LogP contribution in [0.25, 0.3) is 6.08 Å². The maximum atomic E-state index is 11.7. The van der Waals surface area contributed by atoms with Crippen molar-refractivity contribution in [2.45, 2.75) is 19.8 Å². The van der Waals surface area contributed by atoms with Crippen LogP contribution in [-0.2, 0) is 9.59 Å². The number of aliphatic carboxylic acids is 1. The normalized spacial score (nSPS) is 12.3. The molecule has 6 heteroatoms. The average Bonchev–Trinajstić information content (AvgIpc) is 2.42. The number of halogens is 2. The van der Waals surface area contributed by atoms with Crippen molar-refractivity contribution in [3.63, 3.8) is 0 Å². The molecule has 0 heterocycles. The quantitative estimate of drug-likeness (QED) is 0.751. The Morgan fingerprint density at radius 3 is 2.67 bits per heavy atom. The van der Waals surface area contributed by atoms with E-state index in [4.69, 9.17) is 28.3 Å². The van der Waals surface area contributed by atoms with Gasteiger partial charge in [0, 0.05) is 22.7 Å². The highest BCUT2D eigenvalue weighted by atomic mass is 35.5. The van der Waals surface area contributed by atoms with E-state index in [1.807, 2.05) is 6.92 Å². The number of carbonyl (C=O) groups is 2. The van der Waals surface area contributed by atoms with E-state index in [9.17, 15) is 9.59 Å². The van der Waals surface area contributed by atoms with Crippen molar-refractivity contribution < 1.29 is 14.7 Å². The van der Waals surface area contributed by atoms with Crippen molar-refractivity contribution in [1.82, 2.24) is 5.32 Å². The standard InChI is InChI=1S/C15H17Cl2NO3/c1-2-3-11(15(20)21)9-18-14(19)7-5-10-4-6-12(16)8-13(10)17/h4-8,11H,2-3,9H2,1H3,(H,18,19)(H,20,21). The molecule has 1 aromatic carbocycles. The van der Waals surface area contributed by atoms with Gasteiger partial charge in [-0.3, -0.25) is 9.59 Å². The molecule has 1 aromatic rings. The SMILES string of the molecule is CCCC(CNC(=O)C=Cc1ccc(Cl)cc1Cl)C(=O)O. The number of rotatable bonds is 7. The van der Waals surface area contributed by atoms with E-state index in [1.54, 1.807) is 24.3 Å². The smallest absolute Gasteiger partial charge is 0.308 e. The zero-order valence-corrected chi connectivity index (χ0v) is 13.1. The first-order chi connectivity index (χ1) is 9.93. The zero-order chi connectivity index (χ0) is 15.8. The Labute approximate surface area is 133 Å². The molecule has 0 aliphatic heterocycles. The van der Waals surface area contributed by atoms with Crippen LogP contribution in [-0.4, -0.2) is 23.5 Å². The lowest BCUT2D eigenvalue weighted by Gasteiger charge is -2.11. The highest BCUT2D eigenvalue weighted by Crippen LogP contribution is 2.21. The first kappa shape index (κ1) is 17.5. The summed E-state index contributed by atoms with van der Waals surface area (Å²) in [5.74, 6) is -1.82. The Morgan fingerprint density at radius 2 is 2.10 bits per heavy atom. The predicted molar refractivity (Wildman–Crippen MR) is 84.5 cm³/mol. The second-order valence-electron chi connectivity index (χ2n) is 4.57. The Kier molecular flexibility index (Phi) is 7.26. The summed E-state index contributed by atoms with van der Waals surface area (Å²) in [6, 6.07) is 4.96. The maximum absolute atomic E-state index is 11.7. The summed E-state index contributed by atoms with van der Waals surface area (Å²) < 4.78 is 0. The van der Waals surface area contributed by atoms with Crippen LogP contribution in [0.4, 0.5) is 0 Å². The second kappa shape index (κ2) is 8.70. The lowest BCUT2D eigenvalue weighted by atomic mass is 10.0. The molecule has 0 spiro atoms. The molecule has 0 aliphatic rings. The molecule has 4 nitrogen and oxygen atoms in total. The van der Waals surface area contributed by atoms with E-state index in [-0.39, 0.29) is 12.5 Å². The van der Waals surface area contributed by atoms with Gasteiger partial charge in [-0.05, 0) is 30.2 Å². The molecule has 0 aliphatic carbocycles. The predicted octanol–water partition coefficient (Wildman–Crippen LogP) is 3.62. The Morgan fingerprint density at radius 1 is 1.38 bits per heavy atom. The lowest BCUT2D eigenvalue weighted by molar-refractivity contribution is -0.141. The summed E-state index contributed by atoms with van der Waals surface area (Å²) in [6.45, 7) is 2.01. The Balaban J connectivity index is 2.56. The van der Waals surface area contributed by atoms with Gasteiger partial charge < -0.3 is 10.4 Å². The highest BCUT2D eigenvalue weighted by molar-refractivity contribution is 6.35. The molecule has 0 aromatic heterocycles. The first-order valence-corrected chi connectivity index (χ1v) is 7.33. The minimum absolute atomic E-state index is 0.112. The number of carboxylic acids is 1. The number of hydrogen-bond acceptors (Lipinski definition) is 2. The number of benzene rings is 1. The van der Waals surface area contributed by atoms with Crippen molar-refractivity contribution in [3.8, 4) is 0 Å². The van der Waals surface area contributed by atoms with Gasteiger partial charge in [0.2, 0.25) is 5.91 Å². The molecule has 2 N–H and O–H groups in total. The number of carbonyl (C=O) groups excluding carboxylic acids is 1. The van der Waals surface area contributed by atoms with Crippen LogP contribution in [0.1, 0.15) is 25.3 Å². The summed E-state index contributed by atoms with van der Waals surface area (Å²) in [5.41, 5.74) is 0.666. The summed E-state index contributed by atoms with van der Waals surface area (Å²) in [5, 5.41) is 12.5. The van der Waals surface area contributed by atoms with Crippen LogP contribution in [0.2, 0.25) is 10.0 Å². The van der Waals surface area contributed by atoms with Crippen LogP contribution < -0.4 is 5.32 Å². The molecule has 0 saturated heterocycles. The number of hydrogen-bond donors (Lipinski definition) is 2. The van der Waals surface area contributed by atoms with E-state index in [0.29, 0.717) is 22.0 Å². The van der Waals surface area contributed by atoms with Gasteiger partial charge in [0.1, 0.15) is 0 Å². The lowest BCUT2D eigenvalue weighted by Crippen LogP contribution is -2.31. The number of nitrogens with one attached hydrogen (secondary N) is 1. The largest absolute Gasteiger partial charge is 0.481 e. The van der Waals surface area contributed by atoms with Crippen molar-refractivity contribution in [2.75, 3.05) is 6.54 Å². The van der Waals surface area contributed by atoms with Gasteiger partial charge in [0.25, 0.3) is 0 Å². The van der Waals surface area contributed by atoms with Gasteiger partial charge in [-0.2, -0.15) is 0 Å². The van der Waals surface area contributed by atoms with Crippen LogP contribution >= 0.6 is 23.2 Å². The average molecular weight is 330 g/mol. The molecule has 1 rings (SSSR count). The monoisotopic (exact) mass is 329 g/mol. The molecule has 1 unspecified atom stereocenters. The van der Waals surface area contributed by atoms with Gasteiger partial charge in [0.05, 0.1) is 5.92 Å². The molecule has 0 saturated carbocycles. The van der Waals surface area contributed by atoms with Crippen LogP contribution in [0.15, 0.2) is 24.3 Å². The maximum Gasteiger partial charge on any atom is 0.308 e. The molecule has 0 radical (unpaired) electrons. The fraction of sp³-hybridized carbons (Fsp3) is 0.333. The number of carboxylic acid groups (broad SMARTS) is 1. The van der Waals surface area contributed by atoms with Crippen molar-refractivity contribution in [1.29, 1.82) is 0 Å². The van der Waals surface area contributed by atoms with Gasteiger partial charge in [-0.1, -0.05) is 42.6 Å². The summed E-state index contributed by atoms with van der Waals surface area (Å²) in [4.78, 5) is 22.6. The molecule has 21 heavy (non-hydrogen) atoms. The topological polar surface area (TPSA) is 66.4 Å². The van der Waals surface area contributed by atoms with Gasteiger partial charge >= 0.3 is 5.97 Å². The van der Waals surface area contributed by atoms with Crippen molar-refractivity contribution in [2.24, 2.45) is 5.92 Å². The van der Waals surface area contributed by atoms with Crippen LogP contribution in [0.5, 0.6) is 0 Å². The first-order valence-electron chi connectivity index (χ1n) is 6.57. The third kappa shape index (κ3) is 6.19. The Hall–Kier alpha value is -1.52. The molecule has 1 atom stereocenters. The molecule has 0 bridgehead atoms.